The summed E-state index contributed by atoms with van der Waals surface area (Å²) in [6.45, 7) is 0. The average molecular weight is 206 g/mol. The molecule has 1 fully saturated rings. The first-order valence-electron chi connectivity index (χ1n) is 4.95. The summed E-state index contributed by atoms with van der Waals surface area (Å²) in [6.07, 6.45) is 0.309. The number of ketones is 1. The van der Waals surface area contributed by atoms with Crippen LogP contribution in [0.25, 0.3) is 0 Å². The van der Waals surface area contributed by atoms with Crippen molar-refractivity contribution in [2.75, 3.05) is 14.2 Å². The van der Waals surface area contributed by atoms with Crippen LogP contribution in [0.2, 0.25) is 0 Å². The van der Waals surface area contributed by atoms with Crippen molar-refractivity contribution >= 4 is 5.78 Å². The second-order valence-electron chi connectivity index (χ2n) is 3.71. The first kappa shape index (κ1) is 10.2. The Morgan fingerprint density at radius 1 is 1.33 bits per heavy atom. The van der Waals surface area contributed by atoms with Gasteiger partial charge in [-0.25, -0.2) is 0 Å². The van der Waals surface area contributed by atoms with Crippen molar-refractivity contribution in [2.45, 2.75) is 18.4 Å². The van der Waals surface area contributed by atoms with Gasteiger partial charge in [-0.15, -0.1) is 0 Å². The van der Waals surface area contributed by atoms with Gasteiger partial charge in [0.1, 0.15) is 11.9 Å². The molecule has 1 aliphatic carbocycles. The maximum Gasteiger partial charge on any atom is 0.162 e. The van der Waals surface area contributed by atoms with Crippen LogP contribution in [0.4, 0.5) is 0 Å². The lowest BCUT2D eigenvalue weighted by atomic mass is 9.76. The van der Waals surface area contributed by atoms with Gasteiger partial charge in [0.2, 0.25) is 0 Å². The lowest BCUT2D eigenvalue weighted by Crippen LogP contribution is -2.41. The Bertz CT molecular complexity index is 373. The van der Waals surface area contributed by atoms with Gasteiger partial charge in [0.05, 0.1) is 7.11 Å². The largest absolute Gasteiger partial charge is 0.497 e. The smallest absolute Gasteiger partial charge is 0.162 e. The molecule has 0 aromatic heterocycles. The molecule has 1 aromatic rings. The zero-order chi connectivity index (χ0) is 10.8. The number of methoxy groups -OCH3 is 2. The Kier molecular flexibility index (Phi) is 2.73. The minimum atomic E-state index is -0.267. The summed E-state index contributed by atoms with van der Waals surface area (Å²) in [6, 6.07) is 7.80. The van der Waals surface area contributed by atoms with Gasteiger partial charge in [0.15, 0.2) is 5.78 Å². The second-order valence-corrected chi connectivity index (χ2v) is 3.71. The third kappa shape index (κ3) is 1.75. The van der Waals surface area contributed by atoms with Crippen LogP contribution in [0.5, 0.6) is 5.75 Å². The van der Waals surface area contributed by atoms with Crippen LogP contribution in [0.1, 0.15) is 17.9 Å². The van der Waals surface area contributed by atoms with Gasteiger partial charge in [-0.2, -0.15) is 0 Å². The van der Waals surface area contributed by atoms with Crippen LogP contribution in [0.15, 0.2) is 24.3 Å². The van der Waals surface area contributed by atoms with Crippen LogP contribution in [0, 0.1) is 0 Å². The number of benzene rings is 1. The molecule has 0 spiro atoms. The van der Waals surface area contributed by atoms with Crippen molar-refractivity contribution in [3.05, 3.63) is 29.8 Å². The Hall–Kier alpha value is -1.35. The Morgan fingerprint density at radius 3 is 2.73 bits per heavy atom. The van der Waals surface area contributed by atoms with Gasteiger partial charge in [-0.1, -0.05) is 12.1 Å². The molecule has 3 heteroatoms. The van der Waals surface area contributed by atoms with Crippen LogP contribution >= 0.6 is 0 Å². The molecular formula is C12H14O3. The minimum absolute atomic E-state index is 0.185. The van der Waals surface area contributed by atoms with E-state index in [0.717, 1.165) is 11.3 Å². The normalized spacial score (nSPS) is 24.8. The standard InChI is InChI=1S/C12H14O3/c1-14-9-5-3-4-8(6-9)10-7-11(13)12(10)15-2/h3-6,10,12H,7H2,1-2H3/t10-,12+/m0/s1. The van der Waals surface area contributed by atoms with Crippen molar-refractivity contribution in [3.63, 3.8) is 0 Å². The van der Waals surface area contributed by atoms with Gasteiger partial charge in [0.25, 0.3) is 0 Å². The molecule has 15 heavy (non-hydrogen) atoms. The van der Waals surface area contributed by atoms with Crippen molar-refractivity contribution in [2.24, 2.45) is 0 Å². The zero-order valence-electron chi connectivity index (χ0n) is 8.90. The highest BCUT2D eigenvalue weighted by Gasteiger charge is 2.40. The van der Waals surface area contributed by atoms with E-state index >= 15 is 0 Å². The number of ether oxygens (including phenoxy) is 2. The summed E-state index contributed by atoms with van der Waals surface area (Å²) >= 11 is 0. The van der Waals surface area contributed by atoms with E-state index in [4.69, 9.17) is 9.47 Å². The second kappa shape index (κ2) is 4.03. The summed E-state index contributed by atoms with van der Waals surface area (Å²) in [7, 11) is 3.22. The summed E-state index contributed by atoms with van der Waals surface area (Å²) in [4.78, 5) is 11.2. The molecule has 2 atom stereocenters. The number of rotatable bonds is 3. The Morgan fingerprint density at radius 2 is 2.13 bits per heavy atom. The van der Waals surface area contributed by atoms with Crippen LogP contribution < -0.4 is 4.74 Å². The highest BCUT2D eigenvalue weighted by atomic mass is 16.5. The summed E-state index contributed by atoms with van der Waals surface area (Å²) in [5, 5.41) is 0. The summed E-state index contributed by atoms with van der Waals surface area (Å²) in [5.41, 5.74) is 1.11. The first-order valence-corrected chi connectivity index (χ1v) is 4.95. The molecule has 3 nitrogen and oxygen atoms in total. The van der Waals surface area contributed by atoms with E-state index in [2.05, 4.69) is 0 Å². The Balaban J connectivity index is 2.19. The monoisotopic (exact) mass is 206 g/mol. The Labute approximate surface area is 89.0 Å². The molecule has 0 saturated heterocycles. The molecule has 1 aliphatic rings. The molecule has 1 aromatic carbocycles. The number of hydrogen-bond donors (Lipinski definition) is 0. The van der Waals surface area contributed by atoms with E-state index in [0.29, 0.717) is 6.42 Å². The van der Waals surface area contributed by atoms with Crippen LogP contribution in [0.3, 0.4) is 0 Å². The molecule has 0 bridgehead atoms. The average Bonchev–Trinajstić information content (AvgIpc) is 2.26. The van der Waals surface area contributed by atoms with Crippen molar-refractivity contribution in [1.82, 2.24) is 0 Å². The molecule has 0 N–H and O–H groups in total. The molecular weight excluding hydrogens is 192 g/mol. The van der Waals surface area contributed by atoms with Gasteiger partial charge in [-0.3, -0.25) is 4.79 Å². The fourth-order valence-corrected chi connectivity index (χ4v) is 1.96. The minimum Gasteiger partial charge on any atom is -0.497 e. The number of hydrogen-bond acceptors (Lipinski definition) is 3. The molecule has 80 valence electrons. The summed E-state index contributed by atoms with van der Waals surface area (Å²) in [5.74, 6) is 1.20. The first-order chi connectivity index (χ1) is 7.26. The van der Waals surface area contributed by atoms with E-state index < -0.39 is 0 Å². The van der Waals surface area contributed by atoms with E-state index in [1.54, 1.807) is 14.2 Å². The lowest BCUT2D eigenvalue weighted by molar-refractivity contribution is -0.140. The van der Waals surface area contributed by atoms with Gasteiger partial charge < -0.3 is 9.47 Å². The van der Waals surface area contributed by atoms with Crippen molar-refractivity contribution in [1.29, 1.82) is 0 Å². The topological polar surface area (TPSA) is 35.5 Å². The maximum atomic E-state index is 11.2. The maximum absolute atomic E-state index is 11.2. The summed E-state index contributed by atoms with van der Waals surface area (Å²) < 4.78 is 10.3. The van der Waals surface area contributed by atoms with Crippen LogP contribution in [-0.2, 0) is 9.53 Å². The zero-order valence-corrected chi connectivity index (χ0v) is 8.90. The fourth-order valence-electron chi connectivity index (χ4n) is 1.96. The molecule has 0 heterocycles. The van der Waals surface area contributed by atoms with Crippen LogP contribution in [-0.4, -0.2) is 26.1 Å². The van der Waals surface area contributed by atoms with E-state index in [-0.39, 0.29) is 17.8 Å². The predicted octanol–water partition coefficient (Wildman–Crippen LogP) is 1.77. The van der Waals surface area contributed by atoms with Gasteiger partial charge >= 0.3 is 0 Å². The highest BCUT2D eigenvalue weighted by Crippen LogP contribution is 2.37. The van der Waals surface area contributed by atoms with Crippen molar-refractivity contribution < 1.29 is 14.3 Å². The predicted molar refractivity (Wildman–Crippen MR) is 56.2 cm³/mol. The van der Waals surface area contributed by atoms with Gasteiger partial charge in [0, 0.05) is 19.4 Å². The van der Waals surface area contributed by atoms with Gasteiger partial charge in [-0.05, 0) is 17.7 Å². The molecule has 0 amide bonds. The number of carbonyl (C=O) groups is 1. The molecule has 0 aliphatic heterocycles. The molecule has 2 rings (SSSR count). The molecule has 0 unspecified atom stereocenters. The molecule has 0 radical (unpaired) electrons. The fraction of sp³-hybridized carbons (Fsp3) is 0.417. The van der Waals surface area contributed by atoms with E-state index in [1.165, 1.54) is 0 Å². The molecule has 1 saturated carbocycles. The van der Waals surface area contributed by atoms with E-state index in [1.807, 2.05) is 24.3 Å². The highest BCUT2D eigenvalue weighted by molar-refractivity contribution is 5.91. The van der Waals surface area contributed by atoms with E-state index in [9.17, 15) is 4.79 Å². The number of carbonyl (C=O) groups excluding carboxylic acids is 1. The quantitative estimate of drug-likeness (QED) is 0.756. The lowest BCUT2D eigenvalue weighted by Gasteiger charge is -2.34. The third-order valence-electron chi connectivity index (χ3n) is 2.88. The SMILES string of the molecule is COc1cccc([C@@H]2CC(=O)[C@@H]2OC)c1. The third-order valence-corrected chi connectivity index (χ3v) is 2.88. The number of Topliss-reactive ketones (excluding diaryl/α,β-unsaturated/α-hetero) is 1. The van der Waals surface area contributed by atoms with Crippen molar-refractivity contribution in [3.8, 4) is 5.75 Å².